The van der Waals surface area contributed by atoms with Crippen LogP contribution in [-0.2, 0) is 14.8 Å². The standard InChI is InChI=1S/C21H26N2O5S2/c1-14-10-15(2)12-16(11-14)22-21(24)18(6-9-29-3)23-30(25,26)17-4-5-19-20(13-17)28-8-7-27-19/h4-5,10-13,18,23H,6-9H2,1-3H3,(H,22,24). The summed E-state index contributed by atoms with van der Waals surface area (Å²) in [6.07, 6.45) is 2.27. The topological polar surface area (TPSA) is 93.7 Å². The van der Waals surface area contributed by atoms with Crippen LogP contribution in [0.15, 0.2) is 41.3 Å². The van der Waals surface area contributed by atoms with Gasteiger partial charge in [-0.15, -0.1) is 0 Å². The van der Waals surface area contributed by atoms with Crippen LogP contribution < -0.4 is 19.5 Å². The lowest BCUT2D eigenvalue weighted by Gasteiger charge is -2.21. The minimum absolute atomic E-state index is 0.0279. The summed E-state index contributed by atoms with van der Waals surface area (Å²) in [7, 11) is -3.93. The summed E-state index contributed by atoms with van der Waals surface area (Å²) in [6, 6.07) is 9.24. The molecule has 0 fully saturated rings. The first-order valence-corrected chi connectivity index (χ1v) is 12.5. The van der Waals surface area contributed by atoms with Crippen molar-refractivity contribution in [3.63, 3.8) is 0 Å². The molecule has 2 aromatic carbocycles. The second-order valence-electron chi connectivity index (χ2n) is 7.13. The smallest absolute Gasteiger partial charge is 0.242 e. The summed E-state index contributed by atoms with van der Waals surface area (Å²) in [5, 5.41) is 2.84. The van der Waals surface area contributed by atoms with Crippen molar-refractivity contribution in [3.05, 3.63) is 47.5 Å². The summed E-state index contributed by atoms with van der Waals surface area (Å²) in [5.74, 6) is 1.13. The normalized spacial score (nSPS) is 14.2. The molecule has 0 bridgehead atoms. The van der Waals surface area contributed by atoms with Crippen LogP contribution in [0.2, 0.25) is 0 Å². The molecule has 0 saturated carbocycles. The largest absolute Gasteiger partial charge is 0.486 e. The van der Waals surface area contributed by atoms with Gasteiger partial charge in [0.05, 0.1) is 4.90 Å². The van der Waals surface area contributed by atoms with Crippen molar-refractivity contribution in [2.45, 2.75) is 31.2 Å². The molecule has 1 amide bonds. The summed E-state index contributed by atoms with van der Waals surface area (Å²) in [5.41, 5.74) is 2.68. The zero-order valence-electron chi connectivity index (χ0n) is 17.2. The monoisotopic (exact) mass is 450 g/mol. The van der Waals surface area contributed by atoms with Crippen LogP contribution >= 0.6 is 11.8 Å². The Hall–Kier alpha value is -2.23. The van der Waals surface area contributed by atoms with Crippen LogP contribution in [0.5, 0.6) is 11.5 Å². The molecule has 1 heterocycles. The van der Waals surface area contributed by atoms with E-state index in [0.717, 1.165) is 11.1 Å². The third-order valence-corrected chi connectivity index (χ3v) is 6.65. The van der Waals surface area contributed by atoms with Gasteiger partial charge in [0.2, 0.25) is 15.9 Å². The Morgan fingerprint density at radius 2 is 1.73 bits per heavy atom. The maximum Gasteiger partial charge on any atom is 0.242 e. The molecule has 1 aliphatic rings. The highest BCUT2D eigenvalue weighted by atomic mass is 32.2. The van der Waals surface area contributed by atoms with E-state index >= 15 is 0 Å². The number of rotatable bonds is 8. The Morgan fingerprint density at radius 3 is 2.40 bits per heavy atom. The van der Waals surface area contributed by atoms with Crippen LogP contribution in [0.1, 0.15) is 17.5 Å². The predicted octanol–water partition coefficient (Wildman–Crippen LogP) is 3.11. The van der Waals surface area contributed by atoms with Crippen molar-refractivity contribution in [1.82, 2.24) is 4.72 Å². The average Bonchev–Trinajstić information content (AvgIpc) is 2.69. The first-order chi connectivity index (χ1) is 14.3. The Labute approximate surface area is 181 Å². The molecule has 1 atom stereocenters. The molecule has 7 nitrogen and oxygen atoms in total. The van der Waals surface area contributed by atoms with Crippen LogP contribution in [0, 0.1) is 13.8 Å². The van der Waals surface area contributed by atoms with Crippen LogP contribution in [0.25, 0.3) is 0 Å². The number of hydrogen-bond acceptors (Lipinski definition) is 6. The van der Waals surface area contributed by atoms with Crippen molar-refractivity contribution < 1.29 is 22.7 Å². The minimum Gasteiger partial charge on any atom is -0.486 e. The number of nitrogens with one attached hydrogen (secondary N) is 2. The van der Waals surface area contributed by atoms with Crippen molar-refractivity contribution in [2.75, 3.05) is 30.5 Å². The maximum atomic E-state index is 13.0. The van der Waals surface area contributed by atoms with E-state index in [9.17, 15) is 13.2 Å². The van der Waals surface area contributed by atoms with Gasteiger partial charge in [-0.3, -0.25) is 4.79 Å². The summed E-state index contributed by atoms with van der Waals surface area (Å²) < 4.78 is 39.4. The van der Waals surface area contributed by atoms with Crippen molar-refractivity contribution in [3.8, 4) is 11.5 Å². The number of amides is 1. The van der Waals surface area contributed by atoms with E-state index in [2.05, 4.69) is 10.0 Å². The summed E-state index contributed by atoms with van der Waals surface area (Å²) >= 11 is 1.55. The zero-order chi connectivity index (χ0) is 21.7. The number of benzene rings is 2. The van der Waals surface area contributed by atoms with E-state index in [1.54, 1.807) is 17.8 Å². The molecule has 0 aromatic heterocycles. The molecule has 162 valence electrons. The number of aryl methyl sites for hydroxylation is 2. The molecule has 0 saturated heterocycles. The second-order valence-corrected chi connectivity index (χ2v) is 9.83. The molecule has 1 aliphatic heterocycles. The van der Waals surface area contributed by atoms with Gasteiger partial charge in [-0.1, -0.05) is 6.07 Å². The second kappa shape index (κ2) is 9.72. The highest BCUT2D eigenvalue weighted by Crippen LogP contribution is 2.32. The van der Waals surface area contributed by atoms with Crippen molar-refractivity contribution in [2.24, 2.45) is 0 Å². The quantitative estimate of drug-likeness (QED) is 0.642. The van der Waals surface area contributed by atoms with Gasteiger partial charge in [0, 0.05) is 11.8 Å². The lowest BCUT2D eigenvalue weighted by Crippen LogP contribution is -2.44. The lowest BCUT2D eigenvalue weighted by atomic mass is 10.1. The van der Waals surface area contributed by atoms with E-state index in [0.29, 0.717) is 42.6 Å². The third kappa shape index (κ3) is 5.68. The molecule has 0 radical (unpaired) electrons. The first-order valence-electron chi connectivity index (χ1n) is 9.58. The van der Waals surface area contributed by atoms with Gasteiger partial charge >= 0.3 is 0 Å². The van der Waals surface area contributed by atoms with Crippen LogP contribution in [0.4, 0.5) is 5.69 Å². The Morgan fingerprint density at radius 1 is 1.07 bits per heavy atom. The van der Waals surface area contributed by atoms with Crippen LogP contribution in [-0.4, -0.2) is 45.6 Å². The molecular weight excluding hydrogens is 424 g/mol. The van der Waals surface area contributed by atoms with Gasteiger partial charge in [0.1, 0.15) is 19.3 Å². The number of carbonyl (C=O) groups excluding carboxylic acids is 1. The molecule has 1 unspecified atom stereocenters. The van der Waals surface area contributed by atoms with E-state index < -0.39 is 22.0 Å². The number of sulfonamides is 1. The first kappa shape index (κ1) is 22.5. The van der Waals surface area contributed by atoms with Gasteiger partial charge in [-0.2, -0.15) is 16.5 Å². The molecular formula is C21H26N2O5S2. The lowest BCUT2D eigenvalue weighted by molar-refractivity contribution is -0.117. The van der Waals surface area contributed by atoms with Crippen molar-refractivity contribution >= 4 is 33.4 Å². The van der Waals surface area contributed by atoms with E-state index in [1.165, 1.54) is 12.1 Å². The SMILES string of the molecule is CSCCC(NS(=O)(=O)c1ccc2c(c1)OCCO2)C(=O)Nc1cc(C)cc(C)c1. The molecule has 3 rings (SSSR count). The number of carbonyl (C=O) groups is 1. The highest BCUT2D eigenvalue weighted by Gasteiger charge is 2.27. The van der Waals surface area contributed by atoms with E-state index in [-0.39, 0.29) is 4.90 Å². The average molecular weight is 451 g/mol. The molecule has 0 aliphatic carbocycles. The summed E-state index contributed by atoms with van der Waals surface area (Å²) in [6.45, 7) is 4.67. The number of anilines is 1. The van der Waals surface area contributed by atoms with Gasteiger partial charge in [-0.05, 0) is 67.7 Å². The Bertz CT molecular complexity index is 1000. The Kier molecular flexibility index (Phi) is 7.27. The molecule has 2 N–H and O–H groups in total. The predicted molar refractivity (Wildman–Crippen MR) is 119 cm³/mol. The van der Waals surface area contributed by atoms with E-state index in [4.69, 9.17) is 9.47 Å². The molecule has 2 aromatic rings. The van der Waals surface area contributed by atoms with Gasteiger partial charge in [0.15, 0.2) is 11.5 Å². The maximum absolute atomic E-state index is 13.0. The molecule has 0 spiro atoms. The molecule has 30 heavy (non-hydrogen) atoms. The van der Waals surface area contributed by atoms with Crippen molar-refractivity contribution in [1.29, 1.82) is 0 Å². The fourth-order valence-electron chi connectivity index (χ4n) is 3.20. The zero-order valence-corrected chi connectivity index (χ0v) is 18.9. The number of fused-ring (bicyclic) bond motifs is 1. The minimum atomic E-state index is -3.93. The van der Waals surface area contributed by atoms with Gasteiger partial charge in [0.25, 0.3) is 0 Å². The molecule has 9 heteroatoms. The Balaban J connectivity index is 1.79. The van der Waals surface area contributed by atoms with Gasteiger partial charge < -0.3 is 14.8 Å². The van der Waals surface area contributed by atoms with E-state index in [1.807, 2.05) is 38.3 Å². The number of ether oxygens (including phenoxy) is 2. The van der Waals surface area contributed by atoms with Crippen LogP contribution in [0.3, 0.4) is 0 Å². The highest BCUT2D eigenvalue weighted by molar-refractivity contribution is 7.98. The van der Waals surface area contributed by atoms with Gasteiger partial charge in [-0.25, -0.2) is 8.42 Å². The fourth-order valence-corrected chi connectivity index (χ4v) is 4.92. The number of thioether (sulfide) groups is 1. The number of hydrogen-bond donors (Lipinski definition) is 2. The summed E-state index contributed by atoms with van der Waals surface area (Å²) in [4.78, 5) is 12.9. The third-order valence-electron chi connectivity index (χ3n) is 4.54. The fraction of sp³-hybridized carbons (Fsp3) is 0.381.